The van der Waals surface area contributed by atoms with Gasteiger partial charge in [-0.25, -0.2) is 18.3 Å². The van der Waals surface area contributed by atoms with Gasteiger partial charge < -0.3 is 5.32 Å². The second kappa shape index (κ2) is 10.8. The highest BCUT2D eigenvalue weighted by Gasteiger charge is 2.18. The summed E-state index contributed by atoms with van der Waals surface area (Å²) in [5.41, 5.74) is 0.600. The summed E-state index contributed by atoms with van der Waals surface area (Å²) < 4.78 is 30.5. The Bertz CT molecular complexity index is 1400. The molecule has 1 heterocycles. The number of carbonyl (C=O) groups excluding carboxylic acids is 1. The van der Waals surface area contributed by atoms with E-state index < -0.39 is 23.2 Å². The van der Waals surface area contributed by atoms with Crippen molar-refractivity contribution in [3.8, 4) is 11.4 Å². The molecule has 4 rings (SSSR count). The fraction of sp³-hybridized carbons (Fsp3) is 0.160. The van der Waals surface area contributed by atoms with Crippen molar-refractivity contribution in [3.05, 3.63) is 110 Å². The lowest BCUT2D eigenvalue weighted by atomic mass is 10.1. The molecular weight excluding hydrogens is 497 g/mol. The van der Waals surface area contributed by atoms with Gasteiger partial charge in [0.2, 0.25) is 5.91 Å². The molecule has 1 amide bonds. The third-order valence-corrected chi connectivity index (χ3v) is 5.97. The molecule has 10 heteroatoms. The van der Waals surface area contributed by atoms with E-state index in [4.69, 9.17) is 23.2 Å². The number of benzene rings is 3. The minimum absolute atomic E-state index is 0.0726. The Balaban J connectivity index is 1.55. The van der Waals surface area contributed by atoms with Crippen molar-refractivity contribution in [2.75, 3.05) is 6.54 Å². The molecule has 1 N–H and O–H groups in total. The molecule has 3 aromatic carbocycles. The molecule has 1 aromatic heterocycles. The Morgan fingerprint density at radius 2 is 1.66 bits per heavy atom. The molecule has 180 valence electrons. The number of halogens is 4. The standard InChI is InChI=1S/C25H20Cl2F2N4O2/c26-18-10-8-16(9-11-18)24-31-33(25(35)32(24)14-17-4-1-2-6-21(17)28)15-23(34)30-13-12-19-20(27)5-3-7-22(19)29/h1-11H,12-15H2,(H,30,34). The van der Waals surface area contributed by atoms with E-state index in [2.05, 4.69) is 10.4 Å². The van der Waals surface area contributed by atoms with E-state index in [1.165, 1.54) is 22.8 Å². The summed E-state index contributed by atoms with van der Waals surface area (Å²) in [6.45, 7) is -0.320. The molecule has 6 nitrogen and oxygen atoms in total. The van der Waals surface area contributed by atoms with E-state index in [0.717, 1.165) is 4.68 Å². The number of carbonyl (C=O) groups is 1. The predicted molar refractivity (Wildman–Crippen MR) is 131 cm³/mol. The van der Waals surface area contributed by atoms with Gasteiger partial charge in [-0.15, -0.1) is 5.10 Å². The second-order valence-electron chi connectivity index (χ2n) is 7.75. The summed E-state index contributed by atoms with van der Waals surface area (Å²) in [7, 11) is 0. The van der Waals surface area contributed by atoms with Crippen molar-refractivity contribution in [2.24, 2.45) is 0 Å². The number of rotatable bonds is 8. The Kier molecular flexibility index (Phi) is 7.63. The molecule has 0 aliphatic heterocycles. The molecule has 0 spiro atoms. The van der Waals surface area contributed by atoms with Crippen LogP contribution in [0, 0.1) is 11.6 Å². The minimum atomic E-state index is -0.578. The number of hydrogen-bond donors (Lipinski definition) is 1. The van der Waals surface area contributed by atoms with Crippen molar-refractivity contribution in [3.63, 3.8) is 0 Å². The molecule has 35 heavy (non-hydrogen) atoms. The average Bonchev–Trinajstić information content (AvgIpc) is 3.13. The van der Waals surface area contributed by atoms with E-state index in [1.54, 1.807) is 48.5 Å². The minimum Gasteiger partial charge on any atom is -0.354 e. The number of nitrogens with zero attached hydrogens (tertiary/aromatic N) is 3. The van der Waals surface area contributed by atoms with Crippen molar-refractivity contribution in [1.29, 1.82) is 0 Å². The maximum atomic E-state index is 14.3. The zero-order valence-corrected chi connectivity index (χ0v) is 19.9. The molecule has 0 radical (unpaired) electrons. The molecule has 0 aliphatic carbocycles. The zero-order valence-electron chi connectivity index (χ0n) is 18.3. The summed E-state index contributed by atoms with van der Waals surface area (Å²) in [4.78, 5) is 25.6. The van der Waals surface area contributed by atoms with E-state index in [9.17, 15) is 18.4 Å². The monoisotopic (exact) mass is 516 g/mol. The molecule has 0 aliphatic rings. The van der Waals surface area contributed by atoms with Crippen LogP contribution in [0.25, 0.3) is 11.4 Å². The topological polar surface area (TPSA) is 68.9 Å². The van der Waals surface area contributed by atoms with E-state index in [-0.39, 0.29) is 36.9 Å². The van der Waals surface area contributed by atoms with Crippen LogP contribution in [0.1, 0.15) is 11.1 Å². The quantitative estimate of drug-likeness (QED) is 0.369. The van der Waals surface area contributed by atoms with Gasteiger partial charge in [-0.1, -0.05) is 47.5 Å². The van der Waals surface area contributed by atoms with Gasteiger partial charge in [-0.2, -0.15) is 0 Å². The zero-order chi connectivity index (χ0) is 24.9. The molecule has 0 unspecified atom stereocenters. The first-order valence-electron chi connectivity index (χ1n) is 10.7. The lowest BCUT2D eigenvalue weighted by molar-refractivity contribution is -0.121. The highest BCUT2D eigenvalue weighted by molar-refractivity contribution is 6.31. The maximum Gasteiger partial charge on any atom is 0.347 e. The van der Waals surface area contributed by atoms with E-state index in [1.807, 2.05) is 0 Å². The van der Waals surface area contributed by atoms with Crippen LogP contribution in [-0.2, 0) is 24.3 Å². The summed E-state index contributed by atoms with van der Waals surface area (Å²) in [5.74, 6) is -1.14. The van der Waals surface area contributed by atoms with Crippen LogP contribution in [0.4, 0.5) is 8.78 Å². The van der Waals surface area contributed by atoms with Gasteiger partial charge >= 0.3 is 5.69 Å². The number of aromatic nitrogens is 3. The number of hydrogen-bond acceptors (Lipinski definition) is 3. The third kappa shape index (κ3) is 5.78. The second-order valence-corrected chi connectivity index (χ2v) is 8.59. The van der Waals surface area contributed by atoms with Crippen LogP contribution in [0.15, 0.2) is 71.5 Å². The fourth-order valence-electron chi connectivity index (χ4n) is 3.59. The van der Waals surface area contributed by atoms with Crippen LogP contribution >= 0.6 is 23.2 Å². The van der Waals surface area contributed by atoms with Crippen molar-refractivity contribution in [2.45, 2.75) is 19.5 Å². The molecule has 0 fully saturated rings. The SMILES string of the molecule is O=C(Cn1nc(-c2ccc(Cl)cc2)n(Cc2ccccc2F)c1=O)NCCc1c(F)cccc1Cl. The Hall–Kier alpha value is -3.49. The summed E-state index contributed by atoms with van der Waals surface area (Å²) in [5, 5.41) is 7.75. The molecule has 0 atom stereocenters. The van der Waals surface area contributed by atoms with Gasteiger partial charge in [0.15, 0.2) is 5.82 Å². The van der Waals surface area contributed by atoms with E-state index >= 15 is 0 Å². The Morgan fingerprint density at radius 1 is 0.943 bits per heavy atom. The maximum absolute atomic E-state index is 14.3. The molecule has 4 aromatic rings. The number of amides is 1. The summed E-state index contributed by atoms with van der Waals surface area (Å²) in [6, 6.07) is 17.1. The Morgan fingerprint density at radius 3 is 2.37 bits per heavy atom. The summed E-state index contributed by atoms with van der Waals surface area (Å²) >= 11 is 12.0. The van der Waals surface area contributed by atoms with Gasteiger partial charge in [0, 0.05) is 33.3 Å². The van der Waals surface area contributed by atoms with Gasteiger partial charge in [-0.05, 0) is 48.9 Å². The molecule has 0 saturated carbocycles. The first kappa shape index (κ1) is 24.6. The Labute approximate surface area is 209 Å². The number of nitrogens with one attached hydrogen (secondary N) is 1. The molecular formula is C25H20Cl2F2N4O2. The van der Waals surface area contributed by atoms with Crippen molar-refractivity contribution < 1.29 is 13.6 Å². The predicted octanol–water partition coefficient (Wildman–Crippen LogP) is 4.70. The van der Waals surface area contributed by atoms with Gasteiger partial charge in [0.25, 0.3) is 0 Å². The molecule has 0 bridgehead atoms. The highest BCUT2D eigenvalue weighted by Crippen LogP contribution is 2.21. The normalized spacial score (nSPS) is 11.0. The molecule has 0 saturated heterocycles. The van der Waals surface area contributed by atoms with Crippen LogP contribution in [0.5, 0.6) is 0 Å². The van der Waals surface area contributed by atoms with Crippen molar-refractivity contribution >= 4 is 29.1 Å². The highest BCUT2D eigenvalue weighted by atomic mass is 35.5. The average molecular weight is 517 g/mol. The largest absolute Gasteiger partial charge is 0.354 e. The smallest absolute Gasteiger partial charge is 0.347 e. The third-order valence-electron chi connectivity index (χ3n) is 5.36. The van der Waals surface area contributed by atoms with Gasteiger partial charge in [0.1, 0.15) is 18.2 Å². The van der Waals surface area contributed by atoms with E-state index in [0.29, 0.717) is 21.7 Å². The van der Waals surface area contributed by atoms with Gasteiger partial charge in [0.05, 0.1) is 6.54 Å². The van der Waals surface area contributed by atoms with Crippen molar-refractivity contribution in [1.82, 2.24) is 19.7 Å². The van der Waals surface area contributed by atoms with Gasteiger partial charge in [-0.3, -0.25) is 9.36 Å². The lowest BCUT2D eigenvalue weighted by Gasteiger charge is -2.07. The lowest BCUT2D eigenvalue weighted by Crippen LogP contribution is -2.34. The van der Waals surface area contributed by atoms with Crippen LogP contribution < -0.4 is 11.0 Å². The van der Waals surface area contributed by atoms with Crippen LogP contribution in [0.3, 0.4) is 0 Å². The first-order valence-corrected chi connectivity index (χ1v) is 11.5. The summed E-state index contributed by atoms with van der Waals surface area (Å²) in [6.07, 6.45) is 0.184. The van der Waals surface area contributed by atoms with Crippen LogP contribution in [0.2, 0.25) is 10.0 Å². The van der Waals surface area contributed by atoms with Crippen LogP contribution in [-0.4, -0.2) is 26.8 Å². The first-order chi connectivity index (χ1) is 16.8. The fourth-order valence-corrected chi connectivity index (χ4v) is 3.97.